The highest BCUT2D eigenvalue weighted by Gasteiger charge is 2.46. The molecule has 8 heterocycles. The fraction of sp³-hybridized carbons (Fsp3) is 0.394. The van der Waals surface area contributed by atoms with Crippen molar-refractivity contribution in [2.24, 2.45) is 17.6 Å². The van der Waals surface area contributed by atoms with Crippen molar-refractivity contribution in [3.8, 4) is 0 Å². The first-order valence-corrected chi connectivity index (χ1v) is 40.8. The standard InChI is InChI=1S/C28H30FN3O2.C27H30FN3O.C22H25FN2.C17H25N3.6H2/c1-20(33)23-6-4-7-26(18-23)30-28(34)31-27-8-3-2-5-24(27)19-32-15-13-22(14-16-32)17-21-9-11-25(29)12-10-21;1-20-7-2-4-10-25(20)29-27(32)30-26-11-5-3-9-23(26)19-31-16-6-8-22(18-31)17-21-12-14-24(28)15-13-21;23-18-8-6-16(7-9-18)3-2-12-24-13-11-21-20(15-24)19-5-1-4-17-10-14-25(21)22(17)19;18-8-1-2-9-19-10-7-16-15(12-19)14-5-3-4-13-6-11-20(16)17(13)14;;;;;;/h2-12,18,22H,13-17,19H2,1H3,(H2,30,31,34);2-5,7,9-15,22H,6,8,16-19H2,1H3,(H2,29,30,32);1,4-9,20-21H,2-3,10-15H2;3-5,15-16H,1-2,6-12,18H2;6*1H/t;22-;20-,21-;15-,16-;;;;;;/m.000....../s1. The number of carbonyl (C=O) groups is 3. The number of unbranched alkanes of at least 4 members (excludes halogenated alkanes) is 1. The van der Waals surface area contributed by atoms with Gasteiger partial charge < -0.3 is 46.6 Å². The lowest BCUT2D eigenvalue weighted by Crippen LogP contribution is -2.46. The van der Waals surface area contributed by atoms with Crippen LogP contribution >= 0.6 is 0 Å². The Morgan fingerprint density at radius 3 is 1.50 bits per heavy atom. The number of hydrogen-bond acceptors (Lipinski definition) is 10. The lowest BCUT2D eigenvalue weighted by Gasteiger charge is -2.38. The SMILES string of the molecule is CC(=O)c1cccc(NC(=O)Nc2ccccc2CN2CCC(Cc3ccc(F)cc3)CC2)c1.Cc1ccccc1NC(=O)Nc1ccccc1CN1CCC[C@@H](Cc2ccc(F)cc2)C1.Fc1ccc(CCCN2CC[C@H]3[C@@H](C2)c2cccc4c2N3CC4)cc1.NCCCCN1CC[C@H]2[C@@H](C1)c1cccc3c1N2CC3.[HH].[HH].[HH].[HH].[HH].[HH]. The van der Waals surface area contributed by atoms with E-state index in [1.165, 1.54) is 120 Å². The minimum Gasteiger partial charge on any atom is -0.367 e. The van der Waals surface area contributed by atoms with Crippen LogP contribution in [0.5, 0.6) is 0 Å². The van der Waals surface area contributed by atoms with Gasteiger partial charge in [0, 0.05) is 131 Å². The van der Waals surface area contributed by atoms with Crippen molar-refractivity contribution in [2.75, 3.05) is 116 Å². The number of piperidine rings is 4. The molecule has 14 nitrogen and oxygen atoms in total. The number of benzene rings is 9. The van der Waals surface area contributed by atoms with Gasteiger partial charge in [0.1, 0.15) is 17.5 Å². The monoisotopic (exact) mass is 1510 g/mol. The quantitative estimate of drug-likeness (QED) is 0.0348. The third-order valence-corrected chi connectivity index (χ3v) is 24.2. The maximum Gasteiger partial charge on any atom is 0.323 e. The molecule has 0 bridgehead atoms. The van der Waals surface area contributed by atoms with Crippen LogP contribution in [0.3, 0.4) is 0 Å². The zero-order valence-electron chi connectivity index (χ0n) is 64.7. The summed E-state index contributed by atoms with van der Waals surface area (Å²) in [4.78, 5) is 52.4. The average molecular weight is 1510 g/mol. The number of ketones is 1. The van der Waals surface area contributed by atoms with Crippen LogP contribution in [0.25, 0.3) is 0 Å². The Balaban J connectivity index is 0.000000194. The Labute approximate surface area is 663 Å². The predicted molar refractivity (Wildman–Crippen MR) is 458 cm³/mol. The van der Waals surface area contributed by atoms with Crippen LogP contribution in [0.2, 0.25) is 0 Å². The Hall–Kier alpha value is -9.62. The van der Waals surface area contributed by atoms with Crippen molar-refractivity contribution in [3.05, 3.63) is 285 Å². The van der Waals surface area contributed by atoms with E-state index >= 15 is 0 Å². The minimum atomic E-state index is -0.342. The van der Waals surface area contributed by atoms with Crippen molar-refractivity contribution < 1.29 is 36.1 Å². The van der Waals surface area contributed by atoms with Crippen LogP contribution in [-0.2, 0) is 45.2 Å². The summed E-state index contributed by atoms with van der Waals surface area (Å²) in [6, 6.07) is 66.0. The number of para-hydroxylation sites is 5. The van der Waals surface area contributed by atoms with E-state index in [-0.39, 0.29) is 43.9 Å². The molecule has 0 radical (unpaired) electrons. The van der Waals surface area contributed by atoms with Crippen molar-refractivity contribution in [1.82, 2.24) is 19.6 Å². The molecule has 4 fully saturated rings. The maximum absolute atomic E-state index is 13.2. The van der Waals surface area contributed by atoms with Crippen LogP contribution in [-0.4, -0.2) is 135 Å². The molecule has 0 spiro atoms. The molecule has 5 atom stereocenters. The van der Waals surface area contributed by atoms with Gasteiger partial charge >= 0.3 is 12.1 Å². The van der Waals surface area contributed by atoms with Gasteiger partial charge in [0.25, 0.3) is 0 Å². The van der Waals surface area contributed by atoms with Crippen LogP contribution in [0.1, 0.15) is 151 Å². The van der Waals surface area contributed by atoms with Crippen LogP contribution in [0, 0.1) is 36.2 Å². The number of anilines is 6. The van der Waals surface area contributed by atoms with E-state index < -0.39 is 0 Å². The number of urea groups is 2. The molecule has 9 aromatic rings. The lowest BCUT2D eigenvalue weighted by atomic mass is 9.87. The zero-order chi connectivity index (χ0) is 76.6. The molecule has 0 aromatic heterocycles. The van der Waals surface area contributed by atoms with E-state index in [0.717, 1.165) is 155 Å². The van der Waals surface area contributed by atoms with E-state index in [0.29, 0.717) is 29.0 Å². The molecule has 8 aliphatic heterocycles. The first-order valence-electron chi connectivity index (χ1n) is 40.8. The molecule has 17 rings (SSSR count). The summed E-state index contributed by atoms with van der Waals surface area (Å²) in [5.41, 5.74) is 25.5. The molecule has 17 heteroatoms. The van der Waals surface area contributed by atoms with Gasteiger partial charge in [0.05, 0.1) is 0 Å². The summed E-state index contributed by atoms with van der Waals surface area (Å²) in [6.07, 6.45) is 16.2. The summed E-state index contributed by atoms with van der Waals surface area (Å²) in [5.74, 6) is 2.03. The highest BCUT2D eigenvalue weighted by atomic mass is 19.1. The third-order valence-electron chi connectivity index (χ3n) is 24.2. The number of likely N-dealkylation sites (tertiary alicyclic amines) is 4. The Morgan fingerprint density at radius 1 is 0.450 bits per heavy atom. The van der Waals surface area contributed by atoms with E-state index in [1.807, 2.05) is 110 Å². The molecule has 592 valence electrons. The second-order valence-corrected chi connectivity index (χ2v) is 31.9. The van der Waals surface area contributed by atoms with Gasteiger partial charge in [-0.2, -0.15) is 0 Å². The second-order valence-electron chi connectivity index (χ2n) is 31.9. The number of Topliss-reactive ketones (excluding diaryl/α,β-unsaturated/α-hetero) is 1. The average Bonchev–Trinajstić information content (AvgIpc) is 1.59. The van der Waals surface area contributed by atoms with Gasteiger partial charge in [-0.1, -0.05) is 140 Å². The summed E-state index contributed by atoms with van der Waals surface area (Å²) >= 11 is 0. The van der Waals surface area contributed by atoms with Gasteiger partial charge in [0.15, 0.2) is 5.78 Å². The minimum absolute atomic E-state index is 0. The Bertz CT molecular complexity index is 4620. The first kappa shape index (κ1) is 78.1. The predicted octanol–water partition coefficient (Wildman–Crippen LogP) is 19.8. The van der Waals surface area contributed by atoms with Crippen LogP contribution in [0.15, 0.2) is 206 Å². The van der Waals surface area contributed by atoms with Gasteiger partial charge in [0.2, 0.25) is 0 Å². The van der Waals surface area contributed by atoms with Gasteiger partial charge in [-0.3, -0.25) is 14.6 Å². The van der Waals surface area contributed by atoms with Gasteiger partial charge in [-0.25, -0.2) is 22.8 Å². The summed E-state index contributed by atoms with van der Waals surface area (Å²) in [6.45, 7) is 19.7. The van der Waals surface area contributed by atoms with Crippen LogP contribution in [0.4, 0.5) is 56.9 Å². The molecule has 111 heavy (non-hydrogen) atoms. The van der Waals surface area contributed by atoms with E-state index in [2.05, 4.69) is 93.1 Å². The second kappa shape index (κ2) is 37.6. The molecule has 6 N–H and O–H groups in total. The number of fused-ring (bicyclic) bond motifs is 6. The van der Waals surface area contributed by atoms with Crippen molar-refractivity contribution in [2.45, 2.75) is 141 Å². The number of aryl methyl sites for hydroxylation is 2. The number of hydrogen-bond donors (Lipinski definition) is 5. The Kier molecular flexibility index (Phi) is 26.4. The summed E-state index contributed by atoms with van der Waals surface area (Å²) in [7, 11) is 0. The molecule has 0 saturated carbocycles. The van der Waals surface area contributed by atoms with Crippen molar-refractivity contribution in [3.63, 3.8) is 0 Å². The van der Waals surface area contributed by atoms with Crippen molar-refractivity contribution >= 4 is 52.0 Å². The van der Waals surface area contributed by atoms with E-state index in [4.69, 9.17) is 5.73 Å². The fourth-order valence-electron chi connectivity index (χ4n) is 18.6. The number of nitrogens with two attached hydrogens (primary N) is 1. The molecule has 8 aliphatic rings. The molecule has 0 unspecified atom stereocenters. The number of rotatable bonds is 21. The van der Waals surface area contributed by atoms with E-state index in [9.17, 15) is 27.6 Å². The summed E-state index contributed by atoms with van der Waals surface area (Å²) < 4.78 is 39.3. The third kappa shape index (κ3) is 20.4. The highest BCUT2D eigenvalue weighted by molar-refractivity contribution is 6.02. The number of carbonyl (C=O) groups excluding carboxylic acids is 3. The van der Waals surface area contributed by atoms with Gasteiger partial charge in [-0.15, -0.1) is 0 Å². The molecular weight excluding hydrogens is 1390 g/mol. The Morgan fingerprint density at radius 2 is 0.937 bits per heavy atom. The van der Waals surface area contributed by atoms with Gasteiger partial charge in [-0.05, 0) is 277 Å². The van der Waals surface area contributed by atoms with Crippen LogP contribution < -0.4 is 36.8 Å². The molecule has 9 aromatic carbocycles. The fourth-order valence-corrected chi connectivity index (χ4v) is 18.6. The largest absolute Gasteiger partial charge is 0.367 e. The number of nitrogens with one attached hydrogen (secondary N) is 4. The summed E-state index contributed by atoms with van der Waals surface area (Å²) in [5, 5.41) is 11.7. The molecule has 4 saturated heterocycles. The number of amides is 4. The first-order chi connectivity index (χ1) is 54.2. The smallest absolute Gasteiger partial charge is 0.323 e. The topological polar surface area (TPSA) is 145 Å². The highest BCUT2D eigenvalue weighted by Crippen LogP contribution is 2.51. The lowest BCUT2D eigenvalue weighted by molar-refractivity contribution is 0.101. The molecule has 0 aliphatic carbocycles. The maximum atomic E-state index is 13.2. The zero-order valence-corrected chi connectivity index (χ0v) is 64.7. The molecule has 4 amide bonds. The number of halogens is 3. The molecular formula is C94H122F3N11O3. The number of nitrogens with zero attached hydrogens (tertiary/aromatic N) is 6. The van der Waals surface area contributed by atoms with E-state index in [1.54, 1.807) is 82.2 Å². The van der Waals surface area contributed by atoms with Crippen molar-refractivity contribution in [1.29, 1.82) is 0 Å². The normalized spacial score (nSPS) is 19.7.